The van der Waals surface area contributed by atoms with E-state index in [1.54, 1.807) is 18.2 Å². The van der Waals surface area contributed by atoms with Crippen molar-refractivity contribution in [3.8, 4) is 11.8 Å². The van der Waals surface area contributed by atoms with Gasteiger partial charge in [0, 0.05) is 5.39 Å². The zero-order chi connectivity index (χ0) is 10.7. The largest absolute Gasteiger partial charge is 0.479 e. The van der Waals surface area contributed by atoms with Gasteiger partial charge in [-0.05, 0) is 18.2 Å². The number of ether oxygens (including phenoxy) is 1. The topological polar surface area (TPSA) is 58.8 Å². The molecule has 74 valence electrons. The lowest BCUT2D eigenvalue weighted by Gasteiger charge is -2.03. The molecule has 0 amide bonds. The number of benzene rings is 1. The first-order valence-electron chi connectivity index (χ1n) is 4.21. The van der Waals surface area contributed by atoms with Crippen molar-refractivity contribution in [3.63, 3.8) is 0 Å². The second-order valence-corrected chi connectivity index (χ2v) is 3.15. The predicted molar refractivity (Wildman–Crippen MR) is 55.7 cm³/mol. The second kappa shape index (κ2) is 4.11. The Kier molecular flexibility index (Phi) is 2.66. The van der Waals surface area contributed by atoms with Crippen LogP contribution in [0.3, 0.4) is 0 Å². The zero-order valence-corrected chi connectivity index (χ0v) is 8.40. The molecule has 0 N–H and O–H groups in total. The van der Waals surface area contributed by atoms with Gasteiger partial charge in [-0.3, -0.25) is 0 Å². The van der Waals surface area contributed by atoms with Gasteiger partial charge in [-0.25, -0.2) is 9.97 Å². The van der Waals surface area contributed by atoms with Crippen LogP contribution in [0.2, 0.25) is 5.15 Å². The van der Waals surface area contributed by atoms with E-state index in [0.29, 0.717) is 10.9 Å². The second-order valence-electron chi connectivity index (χ2n) is 2.79. The zero-order valence-electron chi connectivity index (χ0n) is 7.64. The Bertz CT molecular complexity index is 536. The predicted octanol–water partition coefficient (Wildman–Crippen LogP) is 2.19. The molecule has 0 aliphatic heterocycles. The quantitative estimate of drug-likeness (QED) is 0.727. The van der Waals surface area contributed by atoms with Crippen molar-refractivity contribution in [3.05, 3.63) is 29.7 Å². The maximum atomic E-state index is 8.37. The van der Waals surface area contributed by atoms with Gasteiger partial charge in [0.15, 0.2) is 6.61 Å². The van der Waals surface area contributed by atoms with Gasteiger partial charge in [0.25, 0.3) is 0 Å². The van der Waals surface area contributed by atoms with Crippen molar-refractivity contribution in [2.24, 2.45) is 0 Å². The van der Waals surface area contributed by atoms with Crippen LogP contribution in [0.15, 0.2) is 24.5 Å². The van der Waals surface area contributed by atoms with Gasteiger partial charge in [-0.15, -0.1) is 0 Å². The van der Waals surface area contributed by atoms with Crippen LogP contribution < -0.4 is 4.74 Å². The molecule has 0 saturated carbocycles. The monoisotopic (exact) mass is 219 g/mol. The fourth-order valence-electron chi connectivity index (χ4n) is 1.21. The van der Waals surface area contributed by atoms with Gasteiger partial charge in [-0.2, -0.15) is 5.26 Å². The minimum absolute atomic E-state index is 0.0107. The van der Waals surface area contributed by atoms with E-state index in [0.717, 1.165) is 10.9 Å². The Morgan fingerprint density at radius 1 is 1.40 bits per heavy atom. The Balaban J connectivity index is 2.46. The number of hydrogen-bond acceptors (Lipinski definition) is 4. The maximum absolute atomic E-state index is 8.37. The average molecular weight is 220 g/mol. The van der Waals surface area contributed by atoms with Crippen molar-refractivity contribution in [2.75, 3.05) is 6.61 Å². The van der Waals surface area contributed by atoms with Crippen LogP contribution in [0.25, 0.3) is 10.9 Å². The number of nitriles is 1. The molecule has 2 aromatic rings. The van der Waals surface area contributed by atoms with Crippen LogP contribution in [-0.4, -0.2) is 16.6 Å². The molecule has 4 nitrogen and oxygen atoms in total. The van der Waals surface area contributed by atoms with E-state index in [-0.39, 0.29) is 6.61 Å². The summed E-state index contributed by atoms with van der Waals surface area (Å²) in [4.78, 5) is 7.91. The van der Waals surface area contributed by atoms with Crippen molar-refractivity contribution >= 4 is 22.5 Å². The Hall–Kier alpha value is -1.86. The van der Waals surface area contributed by atoms with Gasteiger partial charge in [0.1, 0.15) is 23.3 Å². The molecule has 0 aliphatic carbocycles. The van der Waals surface area contributed by atoms with Crippen molar-refractivity contribution in [1.29, 1.82) is 5.26 Å². The van der Waals surface area contributed by atoms with Crippen molar-refractivity contribution < 1.29 is 4.74 Å². The molecule has 0 unspecified atom stereocenters. The summed E-state index contributed by atoms with van der Waals surface area (Å²) in [6.45, 7) is 0.0107. The molecule has 0 atom stereocenters. The number of hydrogen-bond donors (Lipinski definition) is 0. The van der Waals surface area contributed by atoms with E-state index >= 15 is 0 Å². The molecule has 15 heavy (non-hydrogen) atoms. The Morgan fingerprint density at radius 2 is 2.27 bits per heavy atom. The molecule has 1 aromatic carbocycles. The van der Waals surface area contributed by atoms with E-state index in [9.17, 15) is 0 Å². The van der Waals surface area contributed by atoms with Crippen LogP contribution in [0.5, 0.6) is 5.75 Å². The minimum Gasteiger partial charge on any atom is -0.479 e. The molecule has 0 radical (unpaired) electrons. The molecule has 2 rings (SSSR count). The molecular weight excluding hydrogens is 214 g/mol. The van der Waals surface area contributed by atoms with Crippen LogP contribution in [0, 0.1) is 11.3 Å². The molecule has 0 fully saturated rings. The summed E-state index contributed by atoms with van der Waals surface area (Å²) in [7, 11) is 0. The average Bonchev–Trinajstić information content (AvgIpc) is 2.27. The van der Waals surface area contributed by atoms with Crippen molar-refractivity contribution in [1.82, 2.24) is 9.97 Å². The van der Waals surface area contributed by atoms with Crippen LogP contribution in [0.1, 0.15) is 0 Å². The van der Waals surface area contributed by atoms with Crippen LogP contribution in [0.4, 0.5) is 0 Å². The van der Waals surface area contributed by atoms with E-state index in [1.165, 1.54) is 6.33 Å². The fraction of sp³-hybridized carbons (Fsp3) is 0.100. The maximum Gasteiger partial charge on any atom is 0.174 e. The summed E-state index contributed by atoms with van der Waals surface area (Å²) in [5.74, 6) is 0.584. The van der Waals surface area contributed by atoms with Gasteiger partial charge in [0.2, 0.25) is 0 Å². The first-order valence-corrected chi connectivity index (χ1v) is 4.59. The van der Waals surface area contributed by atoms with E-state index in [4.69, 9.17) is 21.6 Å². The summed E-state index contributed by atoms with van der Waals surface area (Å²) in [6.07, 6.45) is 1.40. The van der Waals surface area contributed by atoms with Crippen LogP contribution in [-0.2, 0) is 0 Å². The lowest BCUT2D eigenvalue weighted by atomic mass is 10.2. The normalized spacial score (nSPS) is 9.87. The van der Waals surface area contributed by atoms with Gasteiger partial charge in [0.05, 0.1) is 5.52 Å². The number of nitrogens with zero attached hydrogens (tertiary/aromatic N) is 3. The highest BCUT2D eigenvalue weighted by Gasteiger charge is 2.02. The standard InChI is InChI=1S/C10H6ClN3O/c11-10-8-5-7(15-4-3-12)1-2-9(8)13-6-14-10/h1-2,5-6H,4H2. The summed E-state index contributed by atoms with van der Waals surface area (Å²) >= 11 is 5.89. The van der Waals surface area contributed by atoms with Crippen molar-refractivity contribution in [2.45, 2.75) is 0 Å². The Morgan fingerprint density at radius 3 is 3.07 bits per heavy atom. The minimum atomic E-state index is 0.0107. The summed E-state index contributed by atoms with van der Waals surface area (Å²) in [6, 6.07) is 7.12. The van der Waals surface area contributed by atoms with Gasteiger partial charge >= 0.3 is 0 Å². The first-order chi connectivity index (χ1) is 7.31. The Labute approximate surface area is 91.1 Å². The molecule has 0 spiro atoms. The third-order valence-electron chi connectivity index (χ3n) is 1.86. The van der Waals surface area contributed by atoms with Gasteiger partial charge in [-0.1, -0.05) is 11.6 Å². The molecule has 5 heteroatoms. The van der Waals surface area contributed by atoms with E-state index in [1.807, 2.05) is 6.07 Å². The number of fused-ring (bicyclic) bond motifs is 1. The lowest BCUT2D eigenvalue weighted by Crippen LogP contribution is -1.93. The molecule has 1 aromatic heterocycles. The SMILES string of the molecule is N#CCOc1ccc2ncnc(Cl)c2c1. The smallest absolute Gasteiger partial charge is 0.174 e. The van der Waals surface area contributed by atoms with E-state index in [2.05, 4.69) is 9.97 Å². The third-order valence-corrected chi connectivity index (χ3v) is 2.16. The first kappa shape index (κ1) is 9.69. The molecule has 0 saturated heterocycles. The van der Waals surface area contributed by atoms with Crippen LogP contribution >= 0.6 is 11.6 Å². The lowest BCUT2D eigenvalue weighted by molar-refractivity contribution is 0.368. The number of aromatic nitrogens is 2. The highest BCUT2D eigenvalue weighted by molar-refractivity contribution is 6.34. The summed E-state index contributed by atoms with van der Waals surface area (Å²) in [5.41, 5.74) is 0.749. The van der Waals surface area contributed by atoms with Gasteiger partial charge < -0.3 is 4.74 Å². The van der Waals surface area contributed by atoms with E-state index < -0.39 is 0 Å². The fourth-order valence-corrected chi connectivity index (χ4v) is 1.40. The highest BCUT2D eigenvalue weighted by atomic mass is 35.5. The highest BCUT2D eigenvalue weighted by Crippen LogP contribution is 2.23. The molecule has 1 heterocycles. The number of rotatable bonds is 2. The molecule has 0 bridgehead atoms. The third kappa shape index (κ3) is 1.97. The number of halogens is 1. The summed E-state index contributed by atoms with van der Waals surface area (Å²) < 4.78 is 5.14. The molecular formula is C10H6ClN3O. The molecule has 0 aliphatic rings. The summed E-state index contributed by atoms with van der Waals surface area (Å²) in [5, 5.41) is 9.46.